The number of amides is 1. The molecule has 0 saturated heterocycles. The van der Waals surface area contributed by atoms with Crippen LogP contribution in [0.4, 0.5) is 0 Å². The van der Waals surface area contributed by atoms with Gasteiger partial charge in [-0.15, -0.1) is 12.4 Å². The summed E-state index contributed by atoms with van der Waals surface area (Å²) < 4.78 is 1.80. The first-order chi connectivity index (χ1) is 11.7. The third-order valence-electron chi connectivity index (χ3n) is 4.71. The molecule has 2 aromatic rings. The molecule has 1 N–H and O–H groups in total. The molecule has 6 heteroatoms. The highest BCUT2D eigenvalue weighted by Gasteiger charge is 2.28. The van der Waals surface area contributed by atoms with Gasteiger partial charge in [0.2, 0.25) is 0 Å². The van der Waals surface area contributed by atoms with Crippen molar-refractivity contribution in [2.45, 2.75) is 32.7 Å². The van der Waals surface area contributed by atoms with Crippen LogP contribution in [0.15, 0.2) is 35.1 Å². The first-order valence-corrected chi connectivity index (χ1v) is 8.80. The van der Waals surface area contributed by atoms with Gasteiger partial charge in [-0.1, -0.05) is 32.0 Å². The van der Waals surface area contributed by atoms with Crippen LogP contribution in [-0.4, -0.2) is 41.6 Å². The number of carbonyl (C=O) groups is 1. The van der Waals surface area contributed by atoms with E-state index in [2.05, 4.69) is 24.1 Å². The van der Waals surface area contributed by atoms with Crippen LogP contribution in [0, 0.1) is 0 Å². The van der Waals surface area contributed by atoms with E-state index in [1.807, 2.05) is 24.3 Å². The molecule has 1 aliphatic rings. The van der Waals surface area contributed by atoms with E-state index in [1.165, 1.54) is 0 Å². The lowest BCUT2D eigenvalue weighted by atomic mass is 10.1. The zero-order valence-electron chi connectivity index (χ0n) is 14.8. The van der Waals surface area contributed by atoms with E-state index in [9.17, 15) is 9.59 Å². The smallest absolute Gasteiger partial charge is 0.264 e. The van der Waals surface area contributed by atoms with Crippen LogP contribution < -0.4 is 10.9 Å². The largest absolute Gasteiger partial charge is 0.351 e. The Balaban J connectivity index is 0.00000225. The maximum Gasteiger partial charge on any atom is 0.264 e. The first-order valence-electron chi connectivity index (χ1n) is 8.80. The van der Waals surface area contributed by atoms with E-state index in [4.69, 9.17) is 0 Å². The van der Waals surface area contributed by atoms with Gasteiger partial charge in [-0.2, -0.15) is 0 Å². The number of likely N-dealkylation sites (N-methyl/N-ethyl adjacent to an activating group) is 1. The summed E-state index contributed by atoms with van der Waals surface area (Å²) in [7, 11) is 0. The third kappa shape index (κ3) is 4.22. The molecule has 1 aliphatic carbocycles. The molecule has 0 unspecified atom stereocenters. The Morgan fingerprint density at radius 2 is 1.92 bits per heavy atom. The number of rotatable bonds is 7. The minimum Gasteiger partial charge on any atom is -0.351 e. The fourth-order valence-electron chi connectivity index (χ4n) is 3.11. The Morgan fingerprint density at radius 3 is 2.56 bits per heavy atom. The van der Waals surface area contributed by atoms with Crippen molar-refractivity contribution in [2.75, 3.05) is 26.2 Å². The second-order valence-corrected chi connectivity index (χ2v) is 6.31. The maximum atomic E-state index is 12.8. The number of halogens is 1. The zero-order chi connectivity index (χ0) is 17.1. The van der Waals surface area contributed by atoms with Gasteiger partial charge >= 0.3 is 0 Å². The highest BCUT2D eigenvalue weighted by atomic mass is 35.5. The zero-order valence-corrected chi connectivity index (χ0v) is 15.6. The normalized spacial score (nSPS) is 13.7. The Labute approximate surface area is 154 Å². The van der Waals surface area contributed by atoms with Gasteiger partial charge in [0.1, 0.15) is 5.56 Å². The van der Waals surface area contributed by atoms with Gasteiger partial charge in [-0.3, -0.25) is 9.59 Å². The summed E-state index contributed by atoms with van der Waals surface area (Å²) in [6.45, 7) is 7.46. The SMILES string of the molecule is CCN(CC)CCNC(=O)c1cc2ccccc2n(C2CC2)c1=O.Cl. The molecule has 0 spiro atoms. The van der Waals surface area contributed by atoms with Crippen molar-refractivity contribution >= 4 is 29.2 Å². The van der Waals surface area contributed by atoms with Crippen LogP contribution in [0.3, 0.4) is 0 Å². The van der Waals surface area contributed by atoms with Gasteiger partial charge in [0.05, 0.1) is 5.52 Å². The van der Waals surface area contributed by atoms with E-state index >= 15 is 0 Å². The standard InChI is InChI=1S/C19H25N3O2.ClH/c1-3-21(4-2)12-11-20-18(23)16-13-14-7-5-6-8-17(14)22(19(16)24)15-9-10-15;/h5-8,13,15H,3-4,9-12H2,1-2H3,(H,20,23);1H. The van der Waals surface area contributed by atoms with E-state index < -0.39 is 0 Å². The van der Waals surface area contributed by atoms with E-state index in [-0.39, 0.29) is 35.5 Å². The summed E-state index contributed by atoms with van der Waals surface area (Å²) in [6, 6.07) is 9.75. The molecule has 5 nitrogen and oxygen atoms in total. The molecule has 1 aromatic carbocycles. The van der Waals surface area contributed by atoms with Gasteiger partial charge in [-0.25, -0.2) is 0 Å². The second kappa shape index (κ2) is 8.50. The molecular formula is C19H26ClN3O2. The number of hydrogen-bond donors (Lipinski definition) is 1. The average Bonchev–Trinajstić information content (AvgIpc) is 3.42. The predicted octanol–water partition coefficient (Wildman–Crippen LogP) is 2.83. The van der Waals surface area contributed by atoms with E-state index in [0.717, 1.165) is 43.4 Å². The van der Waals surface area contributed by atoms with Crippen LogP contribution in [0.2, 0.25) is 0 Å². The quantitative estimate of drug-likeness (QED) is 0.823. The van der Waals surface area contributed by atoms with Gasteiger partial charge < -0.3 is 14.8 Å². The van der Waals surface area contributed by atoms with Crippen molar-refractivity contribution in [1.29, 1.82) is 0 Å². The van der Waals surface area contributed by atoms with Crippen LogP contribution in [0.1, 0.15) is 43.1 Å². The highest BCUT2D eigenvalue weighted by molar-refractivity contribution is 5.97. The molecule has 0 bridgehead atoms. The second-order valence-electron chi connectivity index (χ2n) is 6.31. The van der Waals surface area contributed by atoms with Gasteiger partial charge in [-0.05, 0) is 43.5 Å². The summed E-state index contributed by atoms with van der Waals surface area (Å²) in [5, 5.41) is 3.84. The highest BCUT2D eigenvalue weighted by Crippen LogP contribution is 2.35. The van der Waals surface area contributed by atoms with Gasteiger partial charge in [0, 0.05) is 19.1 Å². The summed E-state index contributed by atoms with van der Waals surface area (Å²) >= 11 is 0. The fourth-order valence-corrected chi connectivity index (χ4v) is 3.11. The first kappa shape index (κ1) is 19.5. The monoisotopic (exact) mass is 363 g/mol. The van der Waals surface area contributed by atoms with Crippen LogP contribution in [-0.2, 0) is 0 Å². The Kier molecular flexibility index (Phi) is 6.62. The molecule has 1 aromatic heterocycles. The van der Waals surface area contributed by atoms with Crippen molar-refractivity contribution in [2.24, 2.45) is 0 Å². The summed E-state index contributed by atoms with van der Waals surface area (Å²) in [4.78, 5) is 27.6. The van der Waals surface area contributed by atoms with Crippen molar-refractivity contribution in [3.8, 4) is 0 Å². The van der Waals surface area contributed by atoms with Gasteiger partial charge in [0.25, 0.3) is 11.5 Å². The minimum atomic E-state index is -0.271. The fraction of sp³-hybridized carbons (Fsp3) is 0.474. The topological polar surface area (TPSA) is 54.3 Å². The number of hydrogen-bond acceptors (Lipinski definition) is 3. The van der Waals surface area contributed by atoms with E-state index in [0.29, 0.717) is 6.54 Å². The Hall–Kier alpha value is -1.85. The van der Waals surface area contributed by atoms with E-state index in [1.54, 1.807) is 10.6 Å². The third-order valence-corrected chi connectivity index (χ3v) is 4.71. The number of fused-ring (bicyclic) bond motifs is 1. The Bertz CT molecular complexity index is 795. The molecule has 1 saturated carbocycles. The predicted molar refractivity (Wildman–Crippen MR) is 104 cm³/mol. The van der Waals surface area contributed by atoms with Crippen LogP contribution in [0.25, 0.3) is 10.9 Å². The minimum absolute atomic E-state index is 0. The molecule has 25 heavy (non-hydrogen) atoms. The van der Waals surface area contributed by atoms with Crippen LogP contribution in [0.5, 0.6) is 0 Å². The average molecular weight is 364 g/mol. The molecule has 0 atom stereocenters. The molecule has 0 aliphatic heterocycles. The molecule has 0 radical (unpaired) electrons. The number of benzene rings is 1. The molecule has 1 amide bonds. The lowest BCUT2D eigenvalue weighted by molar-refractivity contribution is 0.0947. The molecule has 1 fully saturated rings. The van der Waals surface area contributed by atoms with Crippen molar-refractivity contribution < 1.29 is 4.79 Å². The number of carbonyl (C=O) groups excluding carboxylic acids is 1. The number of aromatic nitrogens is 1. The van der Waals surface area contributed by atoms with Crippen LogP contribution >= 0.6 is 12.4 Å². The number of para-hydroxylation sites is 1. The Morgan fingerprint density at radius 1 is 1.24 bits per heavy atom. The number of nitrogens with one attached hydrogen (secondary N) is 1. The molecule has 1 heterocycles. The number of nitrogens with zero attached hydrogens (tertiary/aromatic N) is 2. The van der Waals surface area contributed by atoms with Crippen molar-refractivity contribution in [1.82, 2.24) is 14.8 Å². The molecule has 3 rings (SSSR count). The molecule has 136 valence electrons. The summed E-state index contributed by atoms with van der Waals surface area (Å²) in [5.74, 6) is -0.271. The van der Waals surface area contributed by atoms with Crippen molar-refractivity contribution in [3.05, 3.63) is 46.2 Å². The maximum absolute atomic E-state index is 12.8. The number of pyridine rings is 1. The van der Waals surface area contributed by atoms with Crippen molar-refractivity contribution in [3.63, 3.8) is 0 Å². The molecular weight excluding hydrogens is 338 g/mol. The summed E-state index contributed by atoms with van der Waals surface area (Å²) in [5.41, 5.74) is 1.00. The summed E-state index contributed by atoms with van der Waals surface area (Å²) in [6.07, 6.45) is 2.02. The van der Waals surface area contributed by atoms with Gasteiger partial charge in [0.15, 0.2) is 0 Å². The lowest BCUT2D eigenvalue weighted by Crippen LogP contribution is -2.37. The lowest BCUT2D eigenvalue weighted by Gasteiger charge is -2.18.